The van der Waals surface area contributed by atoms with Gasteiger partial charge in [0.05, 0.1) is 0 Å². The van der Waals surface area contributed by atoms with Gasteiger partial charge in [-0.15, -0.1) is 0 Å². The van der Waals surface area contributed by atoms with Crippen molar-refractivity contribution in [2.75, 3.05) is 0 Å². The van der Waals surface area contributed by atoms with Gasteiger partial charge in [-0.05, 0) is 37.8 Å². The first-order valence-electron chi connectivity index (χ1n) is 6.29. The highest BCUT2D eigenvalue weighted by atomic mass is 16.6. The first-order valence-corrected chi connectivity index (χ1v) is 6.29. The Labute approximate surface area is 102 Å². The zero-order valence-electron chi connectivity index (χ0n) is 10.2. The summed E-state index contributed by atoms with van der Waals surface area (Å²) in [5.41, 5.74) is 0. The van der Waals surface area contributed by atoms with Crippen molar-refractivity contribution in [2.24, 2.45) is 5.92 Å². The van der Waals surface area contributed by atoms with Crippen molar-refractivity contribution in [1.29, 1.82) is 0 Å². The van der Waals surface area contributed by atoms with Gasteiger partial charge in [0.15, 0.2) is 0 Å². The summed E-state index contributed by atoms with van der Waals surface area (Å²) in [6.45, 7) is 2.06. The zero-order valence-corrected chi connectivity index (χ0v) is 10.2. The summed E-state index contributed by atoms with van der Waals surface area (Å²) in [5.74, 6) is 1.20. The molecule has 0 bridgehead atoms. The zero-order chi connectivity index (χ0) is 12.1. The molecule has 0 aromatic heterocycles. The average Bonchev–Trinajstić information content (AvgIpc) is 2.83. The predicted octanol–water partition coefficient (Wildman–Crippen LogP) is 3.35. The molecular formula is C14H19NO2. The second-order valence-electron chi connectivity index (χ2n) is 4.68. The van der Waals surface area contributed by atoms with E-state index in [1.807, 2.05) is 18.2 Å². The Hall–Kier alpha value is -1.51. The van der Waals surface area contributed by atoms with E-state index in [1.54, 1.807) is 12.1 Å². The molecule has 1 N–H and O–H groups in total. The van der Waals surface area contributed by atoms with Crippen LogP contribution in [0.2, 0.25) is 0 Å². The van der Waals surface area contributed by atoms with Gasteiger partial charge in [0.1, 0.15) is 5.75 Å². The lowest BCUT2D eigenvalue weighted by Gasteiger charge is -2.19. The molecule has 3 heteroatoms. The molecule has 0 unspecified atom stereocenters. The Morgan fingerprint density at radius 1 is 1.29 bits per heavy atom. The van der Waals surface area contributed by atoms with Crippen molar-refractivity contribution in [3.63, 3.8) is 0 Å². The van der Waals surface area contributed by atoms with Gasteiger partial charge in [-0.2, -0.15) is 0 Å². The number of rotatable bonds is 3. The summed E-state index contributed by atoms with van der Waals surface area (Å²) >= 11 is 0. The predicted molar refractivity (Wildman–Crippen MR) is 67.0 cm³/mol. The molecule has 3 nitrogen and oxygen atoms in total. The summed E-state index contributed by atoms with van der Waals surface area (Å²) in [6, 6.07) is 9.35. The van der Waals surface area contributed by atoms with E-state index >= 15 is 0 Å². The minimum absolute atomic E-state index is 0.203. The van der Waals surface area contributed by atoms with Crippen molar-refractivity contribution in [1.82, 2.24) is 5.32 Å². The summed E-state index contributed by atoms with van der Waals surface area (Å²) in [6.07, 6.45) is 4.64. The smallest absolute Gasteiger partial charge is 0.410 e. The maximum Gasteiger partial charge on any atom is 0.412 e. The summed E-state index contributed by atoms with van der Waals surface area (Å²) in [7, 11) is 0. The number of carbonyl (C=O) groups is 1. The standard InChI is InChI=1S/C14H19NO2/c1-11(12-7-5-6-8-12)15-14(16)17-13-9-3-2-4-10-13/h2-4,9-12H,5-8H2,1H3,(H,15,16)/t11-/m0/s1. The molecule has 0 spiro atoms. The summed E-state index contributed by atoms with van der Waals surface area (Å²) in [4.78, 5) is 11.6. The quantitative estimate of drug-likeness (QED) is 0.869. The van der Waals surface area contributed by atoms with E-state index in [1.165, 1.54) is 25.7 Å². The maximum absolute atomic E-state index is 11.6. The van der Waals surface area contributed by atoms with Crippen molar-refractivity contribution in [2.45, 2.75) is 38.6 Å². The fourth-order valence-electron chi connectivity index (χ4n) is 2.39. The number of hydrogen-bond acceptors (Lipinski definition) is 2. The number of para-hydroxylation sites is 1. The molecule has 17 heavy (non-hydrogen) atoms. The fraction of sp³-hybridized carbons (Fsp3) is 0.500. The SMILES string of the molecule is C[C@H](NC(=O)Oc1ccccc1)C1CCCC1. The number of nitrogens with one attached hydrogen (secondary N) is 1. The lowest BCUT2D eigenvalue weighted by Crippen LogP contribution is -2.38. The van der Waals surface area contributed by atoms with Crippen molar-refractivity contribution >= 4 is 6.09 Å². The van der Waals surface area contributed by atoms with Crippen LogP contribution >= 0.6 is 0 Å². The highest BCUT2D eigenvalue weighted by Crippen LogP contribution is 2.27. The highest BCUT2D eigenvalue weighted by molar-refractivity contribution is 5.70. The second kappa shape index (κ2) is 5.71. The monoisotopic (exact) mass is 233 g/mol. The molecule has 0 heterocycles. The number of carbonyl (C=O) groups excluding carboxylic acids is 1. The maximum atomic E-state index is 11.6. The third-order valence-electron chi connectivity index (χ3n) is 3.41. The van der Waals surface area contributed by atoms with E-state index in [0.717, 1.165) is 0 Å². The van der Waals surface area contributed by atoms with E-state index in [-0.39, 0.29) is 12.1 Å². The first-order chi connectivity index (χ1) is 8.25. The molecule has 1 fully saturated rings. The van der Waals surface area contributed by atoms with Gasteiger partial charge in [-0.3, -0.25) is 0 Å². The molecule has 92 valence electrons. The molecule has 1 aromatic rings. The fourth-order valence-corrected chi connectivity index (χ4v) is 2.39. The topological polar surface area (TPSA) is 38.3 Å². The lowest BCUT2D eigenvalue weighted by atomic mass is 10.0. The Kier molecular flexibility index (Phi) is 4.02. The van der Waals surface area contributed by atoms with Gasteiger partial charge in [0.25, 0.3) is 0 Å². The molecule has 1 aliphatic rings. The number of amides is 1. The molecule has 0 aliphatic heterocycles. The van der Waals surface area contributed by atoms with Crippen molar-refractivity contribution in [3.05, 3.63) is 30.3 Å². The van der Waals surface area contributed by atoms with Gasteiger partial charge in [0.2, 0.25) is 0 Å². The van der Waals surface area contributed by atoms with Gasteiger partial charge in [-0.25, -0.2) is 4.79 Å². The highest BCUT2D eigenvalue weighted by Gasteiger charge is 2.23. The van der Waals surface area contributed by atoms with Crippen LogP contribution < -0.4 is 10.1 Å². The number of hydrogen-bond donors (Lipinski definition) is 1. The van der Waals surface area contributed by atoms with Crippen molar-refractivity contribution < 1.29 is 9.53 Å². The van der Waals surface area contributed by atoms with Crippen LogP contribution in [0.3, 0.4) is 0 Å². The van der Waals surface area contributed by atoms with Gasteiger partial charge in [-0.1, -0.05) is 31.0 Å². The molecule has 2 rings (SSSR count). The molecule has 1 aromatic carbocycles. The molecule has 0 radical (unpaired) electrons. The lowest BCUT2D eigenvalue weighted by molar-refractivity contribution is 0.192. The van der Waals surface area contributed by atoms with Gasteiger partial charge in [0, 0.05) is 6.04 Å². The van der Waals surface area contributed by atoms with Gasteiger partial charge >= 0.3 is 6.09 Å². The molecule has 1 saturated carbocycles. The number of benzene rings is 1. The van der Waals surface area contributed by atoms with Crippen LogP contribution in [0.15, 0.2) is 30.3 Å². The number of ether oxygens (including phenoxy) is 1. The average molecular weight is 233 g/mol. The van der Waals surface area contributed by atoms with Crippen LogP contribution in [0.1, 0.15) is 32.6 Å². The third-order valence-corrected chi connectivity index (χ3v) is 3.41. The van der Waals surface area contributed by atoms with E-state index in [0.29, 0.717) is 11.7 Å². The Morgan fingerprint density at radius 3 is 2.59 bits per heavy atom. The van der Waals surface area contributed by atoms with Crippen LogP contribution in [0.25, 0.3) is 0 Å². The molecular weight excluding hydrogens is 214 g/mol. The second-order valence-corrected chi connectivity index (χ2v) is 4.68. The van der Waals surface area contributed by atoms with Crippen LogP contribution in [-0.4, -0.2) is 12.1 Å². The van der Waals surface area contributed by atoms with E-state index in [9.17, 15) is 4.79 Å². The van der Waals surface area contributed by atoms with E-state index in [4.69, 9.17) is 4.74 Å². The van der Waals surface area contributed by atoms with Gasteiger partial charge < -0.3 is 10.1 Å². The molecule has 1 aliphatic carbocycles. The van der Waals surface area contributed by atoms with Crippen LogP contribution in [0.4, 0.5) is 4.79 Å². The minimum atomic E-state index is -0.351. The summed E-state index contributed by atoms with van der Waals surface area (Å²) < 4.78 is 5.19. The molecule has 1 atom stereocenters. The minimum Gasteiger partial charge on any atom is -0.410 e. The van der Waals surface area contributed by atoms with E-state index in [2.05, 4.69) is 12.2 Å². The normalized spacial score (nSPS) is 17.7. The largest absolute Gasteiger partial charge is 0.412 e. The van der Waals surface area contributed by atoms with E-state index < -0.39 is 0 Å². The van der Waals surface area contributed by atoms with Crippen LogP contribution in [-0.2, 0) is 0 Å². The molecule has 0 saturated heterocycles. The van der Waals surface area contributed by atoms with Crippen LogP contribution in [0, 0.1) is 5.92 Å². The molecule has 1 amide bonds. The Bertz CT molecular complexity index is 358. The van der Waals surface area contributed by atoms with Crippen LogP contribution in [0.5, 0.6) is 5.75 Å². The van der Waals surface area contributed by atoms with Crippen molar-refractivity contribution in [3.8, 4) is 5.75 Å². The first kappa shape index (κ1) is 12.0. The summed E-state index contributed by atoms with van der Waals surface area (Å²) in [5, 5.41) is 2.91. The Balaban J connectivity index is 1.80. The Morgan fingerprint density at radius 2 is 1.94 bits per heavy atom. The third kappa shape index (κ3) is 3.48.